The Bertz CT molecular complexity index is 476. The van der Waals surface area contributed by atoms with Gasteiger partial charge in [0.25, 0.3) is 0 Å². The highest BCUT2D eigenvalue weighted by atomic mass is 15.2. The first kappa shape index (κ1) is 16.1. The van der Waals surface area contributed by atoms with Crippen molar-refractivity contribution in [1.82, 2.24) is 10.2 Å². The van der Waals surface area contributed by atoms with E-state index in [1.54, 1.807) is 5.56 Å². The quantitative estimate of drug-likeness (QED) is 0.809. The van der Waals surface area contributed by atoms with Gasteiger partial charge in [-0.25, -0.2) is 0 Å². The van der Waals surface area contributed by atoms with Gasteiger partial charge in [0.05, 0.1) is 0 Å². The Morgan fingerprint density at radius 2 is 1.95 bits per heavy atom. The molecular weight excluding hydrogens is 267 g/mol. The van der Waals surface area contributed by atoms with Crippen molar-refractivity contribution in [2.24, 2.45) is 11.8 Å². The number of hydrogen-bond donors (Lipinski definition) is 1. The molecule has 2 aliphatic rings. The van der Waals surface area contributed by atoms with Crippen molar-refractivity contribution >= 4 is 7.85 Å². The molecule has 2 heterocycles. The minimum atomic E-state index is 0.887. The SMILES string of the molecule is BCCc1ccc(CC2CN(CC3CCNCC3)C2)c(C)c1. The first-order valence-electron chi connectivity index (χ1n) is 9.26. The lowest BCUT2D eigenvalue weighted by Gasteiger charge is -2.42. The number of nitrogens with zero attached hydrogens (tertiary/aromatic N) is 1. The molecule has 3 heteroatoms. The molecule has 22 heavy (non-hydrogen) atoms. The zero-order chi connectivity index (χ0) is 15.4. The Labute approximate surface area is 137 Å². The number of rotatable bonds is 6. The number of likely N-dealkylation sites (tertiary alicyclic amines) is 1. The van der Waals surface area contributed by atoms with Crippen LogP contribution in [0, 0.1) is 18.8 Å². The van der Waals surface area contributed by atoms with Gasteiger partial charge >= 0.3 is 0 Å². The first-order valence-corrected chi connectivity index (χ1v) is 9.26. The predicted octanol–water partition coefficient (Wildman–Crippen LogP) is 2.06. The fourth-order valence-electron chi connectivity index (χ4n) is 4.13. The van der Waals surface area contributed by atoms with Crippen LogP contribution in [0.2, 0.25) is 6.32 Å². The van der Waals surface area contributed by atoms with Crippen LogP contribution in [0.1, 0.15) is 29.5 Å². The molecule has 0 bridgehead atoms. The summed E-state index contributed by atoms with van der Waals surface area (Å²) in [5, 5.41) is 3.47. The Hall–Kier alpha value is -0.795. The zero-order valence-corrected chi connectivity index (χ0v) is 14.4. The van der Waals surface area contributed by atoms with Crippen LogP contribution in [-0.4, -0.2) is 45.5 Å². The molecule has 2 saturated heterocycles. The van der Waals surface area contributed by atoms with Gasteiger partial charge in [-0.05, 0) is 74.2 Å². The van der Waals surface area contributed by atoms with Gasteiger partial charge in [-0.1, -0.05) is 24.5 Å². The molecule has 0 radical (unpaired) electrons. The van der Waals surface area contributed by atoms with Gasteiger partial charge in [0.1, 0.15) is 7.85 Å². The highest BCUT2D eigenvalue weighted by Crippen LogP contribution is 2.25. The van der Waals surface area contributed by atoms with E-state index in [2.05, 4.69) is 43.2 Å². The maximum atomic E-state index is 3.47. The van der Waals surface area contributed by atoms with E-state index in [4.69, 9.17) is 0 Å². The van der Waals surface area contributed by atoms with Crippen LogP contribution < -0.4 is 5.32 Å². The third-order valence-corrected chi connectivity index (χ3v) is 5.46. The van der Waals surface area contributed by atoms with Crippen LogP contribution >= 0.6 is 0 Å². The minimum absolute atomic E-state index is 0.887. The number of aryl methyl sites for hydroxylation is 2. The fourth-order valence-corrected chi connectivity index (χ4v) is 4.13. The maximum Gasteiger partial charge on any atom is 0.101 e. The summed E-state index contributed by atoms with van der Waals surface area (Å²) in [6, 6.07) is 7.14. The van der Waals surface area contributed by atoms with Gasteiger partial charge in [-0.15, -0.1) is 0 Å². The van der Waals surface area contributed by atoms with Gasteiger partial charge in [-0.2, -0.15) is 0 Å². The third kappa shape index (κ3) is 4.14. The molecular formula is C19H31BN2. The van der Waals surface area contributed by atoms with Crippen molar-refractivity contribution in [1.29, 1.82) is 0 Å². The zero-order valence-electron chi connectivity index (χ0n) is 14.4. The standard InChI is InChI=1S/C19H31BN2/c1-15-10-16(4-7-20)2-3-19(15)11-18-13-22(14-18)12-17-5-8-21-9-6-17/h2-3,10,17-18,21H,4-9,11-14,20H2,1H3. The number of benzene rings is 1. The van der Waals surface area contributed by atoms with Gasteiger partial charge in [0.15, 0.2) is 0 Å². The summed E-state index contributed by atoms with van der Waals surface area (Å²) in [7, 11) is 2.26. The molecule has 1 N–H and O–H groups in total. The molecule has 1 aromatic carbocycles. The second-order valence-electron chi connectivity index (χ2n) is 7.49. The Morgan fingerprint density at radius 1 is 1.18 bits per heavy atom. The highest BCUT2D eigenvalue weighted by molar-refractivity contribution is 6.08. The molecule has 0 saturated carbocycles. The Balaban J connectivity index is 1.43. The summed E-state index contributed by atoms with van der Waals surface area (Å²) in [5.41, 5.74) is 4.58. The molecule has 0 aliphatic carbocycles. The Kier molecular flexibility index (Phi) is 5.59. The van der Waals surface area contributed by atoms with Crippen LogP contribution in [0.25, 0.3) is 0 Å². The van der Waals surface area contributed by atoms with E-state index in [-0.39, 0.29) is 0 Å². The smallest absolute Gasteiger partial charge is 0.101 e. The van der Waals surface area contributed by atoms with Gasteiger partial charge in [0.2, 0.25) is 0 Å². The highest BCUT2D eigenvalue weighted by Gasteiger charge is 2.29. The summed E-state index contributed by atoms with van der Waals surface area (Å²) in [6.45, 7) is 8.73. The lowest BCUT2D eigenvalue weighted by Crippen LogP contribution is -2.50. The van der Waals surface area contributed by atoms with Crippen molar-refractivity contribution in [3.63, 3.8) is 0 Å². The molecule has 2 nitrogen and oxygen atoms in total. The molecule has 120 valence electrons. The van der Waals surface area contributed by atoms with E-state index < -0.39 is 0 Å². The van der Waals surface area contributed by atoms with Gasteiger partial charge in [-0.3, -0.25) is 0 Å². The maximum absolute atomic E-state index is 3.47. The van der Waals surface area contributed by atoms with Crippen molar-refractivity contribution in [3.05, 3.63) is 34.9 Å². The Morgan fingerprint density at radius 3 is 2.64 bits per heavy atom. The molecule has 0 amide bonds. The summed E-state index contributed by atoms with van der Waals surface area (Å²) in [4.78, 5) is 2.68. The van der Waals surface area contributed by atoms with E-state index in [0.717, 1.165) is 11.8 Å². The fraction of sp³-hybridized carbons (Fsp3) is 0.684. The minimum Gasteiger partial charge on any atom is -0.317 e. The summed E-state index contributed by atoms with van der Waals surface area (Å²) >= 11 is 0. The molecule has 0 spiro atoms. The predicted molar refractivity (Wildman–Crippen MR) is 97.5 cm³/mol. The van der Waals surface area contributed by atoms with E-state index >= 15 is 0 Å². The number of piperidine rings is 1. The summed E-state index contributed by atoms with van der Waals surface area (Å²) in [6.07, 6.45) is 6.49. The second kappa shape index (κ2) is 7.65. The van der Waals surface area contributed by atoms with Crippen LogP contribution in [0.15, 0.2) is 18.2 Å². The second-order valence-corrected chi connectivity index (χ2v) is 7.49. The molecule has 0 atom stereocenters. The third-order valence-electron chi connectivity index (χ3n) is 5.46. The van der Waals surface area contributed by atoms with Gasteiger partial charge < -0.3 is 10.2 Å². The number of nitrogens with one attached hydrogen (secondary N) is 1. The van der Waals surface area contributed by atoms with Crippen LogP contribution in [0.3, 0.4) is 0 Å². The average molecular weight is 298 g/mol. The lowest BCUT2D eigenvalue weighted by atomic mass is 9.87. The van der Waals surface area contributed by atoms with Crippen LogP contribution in [0.5, 0.6) is 0 Å². The van der Waals surface area contributed by atoms with Crippen LogP contribution in [0.4, 0.5) is 0 Å². The molecule has 0 unspecified atom stereocenters. The molecule has 2 fully saturated rings. The largest absolute Gasteiger partial charge is 0.317 e. The molecule has 3 rings (SSSR count). The van der Waals surface area contributed by atoms with E-state index in [1.165, 1.54) is 75.9 Å². The lowest BCUT2D eigenvalue weighted by molar-refractivity contribution is 0.0748. The van der Waals surface area contributed by atoms with E-state index in [1.807, 2.05) is 0 Å². The van der Waals surface area contributed by atoms with Crippen molar-refractivity contribution in [3.8, 4) is 0 Å². The van der Waals surface area contributed by atoms with E-state index in [9.17, 15) is 0 Å². The first-order chi connectivity index (χ1) is 10.7. The molecule has 1 aromatic rings. The monoisotopic (exact) mass is 298 g/mol. The van der Waals surface area contributed by atoms with E-state index in [0.29, 0.717) is 0 Å². The number of hydrogen-bond acceptors (Lipinski definition) is 2. The molecule has 0 aromatic heterocycles. The van der Waals surface area contributed by atoms with Gasteiger partial charge in [0, 0.05) is 19.6 Å². The summed E-state index contributed by atoms with van der Waals surface area (Å²) in [5.74, 6) is 1.83. The van der Waals surface area contributed by atoms with Crippen molar-refractivity contribution in [2.45, 2.75) is 38.9 Å². The average Bonchev–Trinajstić information content (AvgIpc) is 2.48. The normalized spacial score (nSPS) is 21.0. The van der Waals surface area contributed by atoms with Crippen molar-refractivity contribution < 1.29 is 0 Å². The topological polar surface area (TPSA) is 15.3 Å². The van der Waals surface area contributed by atoms with Crippen LogP contribution in [-0.2, 0) is 12.8 Å². The summed E-state index contributed by atoms with van der Waals surface area (Å²) < 4.78 is 0. The van der Waals surface area contributed by atoms with Crippen molar-refractivity contribution in [2.75, 3.05) is 32.7 Å². The molecule has 2 aliphatic heterocycles.